The molecule has 1 heterocycles. The predicted molar refractivity (Wildman–Crippen MR) is 91.8 cm³/mol. The monoisotopic (exact) mass is 312 g/mol. The third-order valence-corrected chi connectivity index (χ3v) is 5.00. The average Bonchev–Trinajstić information content (AvgIpc) is 2.60. The van der Waals surface area contributed by atoms with Crippen LogP contribution in [0.3, 0.4) is 0 Å². The van der Waals surface area contributed by atoms with Gasteiger partial charge in [0, 0.05) is 18.5 Å². The topological polar surface area (TPSA) is 42.4 Å². The maximum atomic E-state index is 12.8. The van der Waals surface area contributed by atoms with Crippen molar-refractivity contribution < 1.29 is 9.53 Å². The Kier molecular flexibility index (Phi) is 4.51. The van der Waals surface area contributed by atoms with E-state index in [0.717, 1.165) is 23.1 Å². The molecule has 0 radical (unpaired) electrons. The molecule has 4 heteroatoms. The number of benzene rings is 1. The third-order valence-electron chi connectivity index (χ3n) is 5.00. The maximum Gasteiger partial charge on any atom is 0.272 e. The van der Waals surface area contributed by atoms with E-state index in [4.69, 9.17) is 4.74 Å². The summed E-state index contributed by atoms with van der Waals surface area (Å²) in [4.78, 5) is 19.2. The SMILES string of the molecule is COc1ccc2nc(C(=O)N(C)C3CCCCC3C)ccc2c1. The first-order chi connectivity index (χ1) is 11.1. The lowest BCUT2D eigenvalue weighted by molar-refractivity contribution is 0.0623. The molecule has 1 aromatic carbocycles. The summed E-state index contributed by atoms with van der Waals surface area (Å²) in [7, 11) is 3.56. The number of carbonyl (C=O) groups is 1. The van der Waals surface area contributed by atoms with E-state index in [1.165, 1.54) is 19.3 Å². The molecule has 1 aromatic heterocycles. The smallest absolute Gasteiger partial charge is 0.272 e. The van der Waals surface area contributed by atoms with Crippen LogP contribution < -0.4 is 4.74 Å². The highest BCUT2D eigenvalue weighted by molar-refractivity contribution is 5.95. The lowest BCUT2D eigenvalue weighted by Gasteiger charge is -2.36. The fraction of sp³-hybridized carbons (Fsp3) is 0.474. The summed E-state index contributed by atoms with van der Waals surface area (Å²) >= 11 is 0. The van der Waals surface area contributed by atoms with Crippen LogP contribution in [0.2, 0.25) is 0 Å². The summed E-state index contributed by atoms with van der Waals surface area (Å²) in [6.07, 6.45) is 4.77. The zero-order valence-electron chi connectivity index (χ0n) is 14.1. The van der Waals surface area contributed by atoms with Crippen LogP contribution in [0.4, 0.5) is 0 Å². The quantitative estimate of drug-likeness (QED) is 0.863. The minimum absolute atomic E-state index is 0.0152. The van der Waals surface area contributed by atoms with Gasteiger partial charge in [-0.2, -0.15) is 0 Å². The summed E-state index contributed by atoms with van der Waals surface area (Å²) in [6, 6.07) is 9.78. The number of fused-ring (bicyclic) bond motifs is 1. The second kappa shape index (κ2) is 6.57. The highest BCUT2D eigenvalue weighted by atomic mass is 16.5. The Bertz CT molecular complexity index is 714. The highest BCUT2D eigenvalue weighted by Crippen LogP contribution is 2.28. The molecule has 0 bridgehead atoms. The number of hydrogen-bond acceptors (Lipinski definition) is 3. The van der Waals surface area contributed by atoms with Crippen molar-refractivity contribution in [2.75, 3.05) is 14.2 Å². The molecule has 4 nitrogen and oxygen atoms in total. The molecule has 1 amide bonds. The van der Waals surface area contributed by atoms with Crippen LogP contribution in [-0.4, -0.2) is 36.0 Å². The minimum Gasteiger partial charge on any atom is -0.497 e. The van der Waals surface area contributed by atoms with Crippen molar-refractivity contribution in [3.63, 3.8) is 0 Å². The highest BCUT2D eigenvalue weighted by Gasteiger charge is 2.28. The van der Waals surface area contributed by atoms with Gasteiger partial charge in [0.1, 0.15) is 11.4 Å². The summed E-state index contributed by atoms with van der Waals surface area (Å²) in [5.41, 5.74) is 1.34. The van der Waals surface area contributed by atoms with E-state index in [9.17, 15) is 4.79 Å². The van der Waals surface area contributed by atoms with E-state index < -0.39 is 0 Å². The van der Waals surface area contributed by atoms with Gasteiger partial charge in [-0.05, 0) is 43.0 Å². The van der Waals surface area contributed by atoms with Gasteiger partial charge in [0.2, 0.25) is 0 Å². The van der Waals surface area contributed by atoms with Gasteiger partial charge < -0.3 is 9.64 Å². The fourth-order valence-electron chi connectivity index (χ4n) is 3.55. The predicted octanol–water partition coefficient (Wildman–Crippen LogP) is 3.89. The van der Waals surface area contributed by atoms with E-state index in [2.05, 4.69) is 11.9 Å². The van der Waals surface area contributed by atoms with Crippen molar-refractivity contribution in [1.82, 2.24) is 9.88 Å². The molecule has 2 aromatic rings. The number of amides is 1. The van der Waals surface area contributed by atoms with Crippen molar-refractivity contribution in [3.8, 4) is 5.75 Å². The summed E-state index contributed by atoms with van der Waals surface area (Å²) in [6.45, 7) is 2.24. The number of rotatable bonds is 3. The molecular weight excluding hydrogens is 288 g/mol. The molecule has 122 valence electrons. The number of aromatic nitrogens is 1. The second-order valence-electron chi connectivity index (χ2n) is 6.50. The van der Waals surface area contributed by atoms with Crippen LogP contribution in [-0.2, 0) is 0 Å². The summed E-state index contributed by atoms with van der Waals surface area (Å²) < 4.78 is 5.23. The van der Waals surface area contributed by atoms with E-state index in [-0.39, 0.29) is 5.91 Å². The number of nitrogens with zero attached hydrogens (tertiary/aromatic N) is 2. The number of pyridine rings is 1. The molecule has 1 aliphatic carbocycles. The zero-order valence-corrected chi connectivity index (χ0v) is 14.1. The first kappa shape index (κ1) is 15.8. The molecule has 0 N–H and O–H groups in total. The van der Waals surface area contributed by atoms with E-state index in [1.807, 2.05) is 42.3 Å². The molecule has 3 rings (SSSR count). The van der Waals surface area contributed by atoms with Gasteiger partial charge in [-0.3, -0.25) is 4.79 Å². The summed E-state index contributed by atoms with van der Waals surface area (Å²) in [5, 5.41) is 0.981. The lowest BCUT2D eigenvalue weighted by atomic mass is 9.85. The van der Waals surface area contributed by atoms with E-state index in [1.54, 1.807) is 7.11 Å². The average molecular weight is 312 g/mol. The van der Waals surface area contributed by atoms with Crippen molar-refractivity contribution in [3.05, 3.63) is 36.0 Å². The number of ether oxygens (including phenoxy) is 1. The molecule has 1 saturated carbocycles. The van der Waals surface area contributed by atoms with Gasteiger partial charge >= 0.3 is 0 Å². The number of hydrogen-bond donors (Lipinski definition) is 0. The zero-order chi connectivity index (χ0) is 16.4. The Morgan fingerprint density at radius 2 is 2.00 bits per heavy atom. The Morgan fingerprint density at radius 3 is 2.74 bits per heavy atom. The van der Waals surface area contributed by atoms with E-state index >= 15 is 0 Å². The molecule has 23 heavy (non-hydrogen) atoms. The maximum absolute atomic E-state index is 12.8. The first-order valence-electron chi connectivity index (χ1n) is 8.32. The van der Waals surface area contributed by atoms with Gasteiger partial charge in [-0.25, -0.2) is 4.98 Å². The molecular formula is C19H24N2O2. The van der Waals surface area contributed by atoms with Crippen LogP contribution in [0, 0.1) is 5.92 Å². The Hall–Kier alpha value is -2.10. The van der Waals surface area contributed by atoms with Crippen molar-refractivity contribution in [2.45, 2.75) is 38.6 Å². The van der Waals surface area contributed by atoms with Gasteiger partial charge in [0.15, 0.2) is 0 Å². The Labute approximate surface area is 137 Å². The Morgan fingerprint density at radius 1 is 1.22 bits per heavy atom. The third kappa shape index (κ3) is 3.16. The minimum atomic E-state index is 0.0152. The number of carbonyl (C=O) groups excluding carboxylic acids is 1. The van der Waals surface area contributed by atoms with Gasteiger partial charge in [-0.1, -0.05) is 25.8 Å². The van der Waals surface area contributed by atoms with Crippen molar-refractivity contribution in [2.24, 2.45) is 5.92 Å². The van der Waals surface area contributed by atoms with Gasteiger partial charge in [0.25, 0.3) is 5.91 Å². The molecule has 0 saturated heterocycles. The van der Waals surface area contributed by atoms with E-state index in [0.29, 0.717) is 17.7 Å². The molecule has 1 aliphatic rings. The van der Waals surface area contributed by atoms with Crippen LogP contribution in [0.25, 0.3) is 10.9 Å². The second-order valence-corrected chi connectivity index (χ2v) is 6.50. The molecule has 1 fully saturated rings. The van der Waals surface area contributed by atoms with Gasteiger partial charge in [-0.15, -0.1) is 0 Å². The summed E-state index contributed by atoms with van der Waals surface area (Å²) in [5.74, 6) is 1.37. The van der Waals surface area contributed by atoms with Crippen molar-refractivity contribution in [1.29, 1.82) is 0 Å². The molecule has 2 unspecified atom stereocenters. The number of methoxy groups -OCH3 is 1. The van der Waals surface area contributed by atoms with Crippen LogP contribution in [0.5, 0.6) is 5.75 Å². The van der Waals surface area contributed by atoms with Crippen LogP contribution in [0.15, 0.2) is 30.3 Å². The standard InChI is InChI=1S/C19H24N2O2/c1-13-6-4-5-7-18(13)21(2)19(22)17-10-8-14-12-15(23-3)9-11-16(14)20-17/h8-13,18H,4-7H2,1-3H3. The van der Waals surface area contributed by atoms with Crippen LogP contribution in [0.1, 0.15) is 43.1 Å². The van der Waals surface area contributed by atoms with Gasteiger partial charge in [0.05, 0.1) is 12.6 Å². The lowest BCUT2D eigenvalue weighted by Crippen LogP contribution is -2.42. The normalized spacial score (nSPS) is 21.2. The first-order valence-corrected chi connectivity index (χ1v) is 8.32. The van der Waals surface area contributed by atoms with Crippen LogP contribution >= 0.6 is 0 Å². The molecule has 0 spiro atoms. The fourth-order valence-corrected chi connectivity index (χ4v) is 3.55. The molecule has 2 atom stereocenters. The van der Waals surface area contributed by atoms with Crippen molar-refractivity contribution >= 4 is 16.8 Å². The molecule has 0 aliphatic heterocycles. The largest absolute Gasteiger partial charge is 0.497 e. The Balaban J connectivity index is 1.85.